The molecule has 3 aromatic rings. The first-order valence-corrected chi connectivity index (χ1v) is 11.4. The molecule has 29 heavy (non-hydrogen) atoms. The summed E-state index contributed by atoms with van der Waals surface area (Å²) in [7, 11) is 0. The first-order valence-electron chi connectivity index (χ1n) is 11.4. The third kappa shape index (κ3) is 6.56. The molecule has 0 aliphatic rings. The van der Waals surface area contributed by atoms with Gasteiger partial charge in [-0.1, -0.05) is 101 Å². The second kappa shape index (κ2) is 11.6. The summed E-state index contributed by atoms with van der Waals surface area (Å²) in [5.41, 5.74) is 7.57. The molecule has 1 heteroatoms. The molecule has 3 rings (SSSR count). The lowest BCUT2D eigenvalue weighted by molar-refractivity contribution is 0.632. The van der Waals surface area contributed by atoms with Crippen LogP contribution < -0.4 is 0 Å². The first kappa shape index (κ1) is 21.3. The predicted molar refractivity (Wildman–Crippen MR) is 126 cm³/mol. The number of hydrogen-bond donors (Lipinski definition) is 0. The van der Waals surface area contributed by atoms with Gasteiger partial charge in [0.1, 0.15) is 0 Å². The van der Waals surface area contributed by atoms with Gasteiger partial charge >= 0.3 is 0 Å². The molecule has 0 saturated heterocycles. The SMILES string of the molecule is CCCCCCCc1ccc(-c2ccc(-c3ccc(CCCC)cn3)cc2)cc1. The lowest BCUT2D eigenvalue weighted by Crippen LogP contribution is -1.89. The van der Waals surface area contributed by atoms with E-state index >= 15 is 0 Å². The van der Waals surface area contributed by atoms with Crippen molar-refractivity contribution in [3.05, 3.63) is 78.0 Å². The van der Waals surface area contributed by atoms with Gasteiger partial charge in [0.2, 0.25) is 0 Å². The van der Waals surface area contributed by atoms with Gasteiger partial charge in [-0.3, -0.25) is 4.98 Å². The van der Waals surface area contributed by atoms with Gasteiger partial charge < -0.3 is 0 Å². The summed E-state index contributed by atoms with van der Waals surface area (Å²) in [6.45, 7) is 4.50. The highest BCUT2D eigenvalue weighted by Gasteiger charge is 2.03. The van der Waals surface area contributed by atoms with Crippen LogP contribution in [0.2, 0.25) is 0 Å². The third-order valence-corrected chi connectivity index (χ3v) is 5.68. The molecule has 0 saturated carbocycles. The van der Waals surface area contributed by atoms with Crippen LogP contribution in [0.15, 0.2) is 66.9 Å². The molecule has 0 amide bonds. The van der Waals surface area contributed by atoms with Crippen LogP contribution in [-0.4, -0.2) is 4.98 Å². The fraction of sp³-hybridized carbons (Fsp3) is 0.393. The van der Waals surface area contributed by atoms with Gasteiger partial charge in [-0.05, 0) is 54.0 Å². The van der Waals surface area contributed by atoms with Gasteiger partial charge in [-0.25, -0.2) is 0 Å². The van der Waals surface area contributed by atoms with Crippen LogP contribution in [0.3, 0.4) is 0 Å². The Morgan fingerprint density at radius 1 is 0.517 bits per heavy atom. The van der Waals surface area contributed by atoms with E-state index in [1.54, 1.807) is 0 Å². The van der Waals surface area contributed by atoms with Gasteiger partial charge in [0.15, 0.2) is 0 Å². The van der Waals surface area contributed by atoms with E-state index in [-0.39, 0.29) is 0 Å². The van der Waals surface area contributed by atoms with Crippen LogP contribution in [0.5, 0.6) is 0 Å². The van der Waals surface area contributed by atoms with E-state index in [1.165, 1.54) is 79.2 Å². The normalized spacial score (nSPS) is 11.0. The molecule has 0 radical (unpaired) electrons. The lowest BCUT2D eigenvalue weighted by Gasteiger charge is -2.07. The van der Waals surface area contributed by atoms with E-state index in [1.807, 2.05) is 6.20 Å². The fourth-order valence-corrected chi connectivity index (χ4v) is 3.75. The number of hydrogen-bond acceptors (Lipinski definition) is 1. The van der Waals surface area contributed by atoms with Crippen molar-refractivity contribution in [3.63, 3.8) is 0 Å². The molecule has 0 atom stereocenters. The van der Waals surface area contributed by atoms with Crippen molar-refractivity contribution in [3.8, 4) is 22.4 Å². The molecule has 1 nitrogen and oxygen atoms in total. The van der Waals surface area contributed by atoms with Crippen molar-refractivity contribution < 1.29 is 0 Å². The monoisotopic (exact) mass is 385 g/mol. The maximum absolute atomic E-state index is 4.66. The molecular formula is C28H35N. The van der Waals surface area contributed by atoms with Crippen LogP contribution in [0, 0.1) is 0 Å². The molecule has 0 N–H and O–H groups in total. The highest BCUT2D eigenvalue weighted by molar-refractivity contribution is 5.69. The summed E-state index contributed by atoms with van der Waals surface area (Å²) in [4.78, 5) is 4.66. The van der Waals surface area contributed by atoms with Crippen LogP contribution in [0.25, 0.3) is 22.4 Å². The van der Waals surface area contributed by atoms with Crippen molar-refractivity contribution in [2.24, 2.45) is 0 Å². The molecule has 0 bridgehead atoms. The Balaban J connectivity index is 1.58. The summed E-state index contributed by atoms with van der Waals surface area (Å²) in [5.74, 6) is 0. The van der Waals surface area contributed by atoms with E-state index in [0.717, 1.165) is 12.1 Å². The quantitative estimate of drug-likeness (QED) is 0.303. The van der Waals surface area contributed by atoms with Crippen LogP contribution in [0.1, 0.15) is 69.9 Å². The summed E-state index contributed by atoms with van der Waals surface area (Å²) < 4.78 is 0. The minimum absolute atomic E-state index is 1.05. The molecule has 0 spiro atoms. The molecule has 0 aliphatic heterocycles. The second-order valence-electron chi connectivity index (χ2n) is 8.09. The summed E-state index contributed by atoms with van der Waals surface area (Å²) in [6.07, 6.45) is 13.5. The van der Waals surface area contributed by atoms with Gasteiger partial charge in [-0.15, -0.1) is 0 Å². The lowest BCUT2D eigenvalue weighted by atomic mass is 9.99. The van der Waals surface area contributed by atoms with Crippen LogP contribution in [0.4, 0.5) is 0 Å². The molecule has 1 heterocycles. The second-order valence-corrected chi connectivity index (χ2v) is 8.09. The Bertz CT molecular complexity index is 829. The molecule has 0 aliphatic carbocycles. The van der Waals surface area contributed by atoms with Crippen molar-refractivity contribution >= 4 is 0 Å². The minimum atomic E-state index is 1.05. The van der Waals surface area contributed by atoms with E-state index < -0.39 is 0 Å². The van der Waals surface area contributed by atoms with Gasteiger partial charge in [0.05, 0.1) is 5.69 Å². The Hall–Kier alpha value is -2.41. The number of aromatic nitrogens is 1. The van der Waals surface area contributed by atoms with Crippen LogP contribution in [-0.2, 0) is 12.8 Å². The maximum atomic E-state index is 4.66. The number of benzene rings is 2. The summed E-state index contributed by atoms with van der Waals surface area (Å²) in [6, 6.07) is 22.3. The largest absolute Gasteiger partial charge is 0.256 e. The predicted octanol–water partition coefficient (Wildman–Crippen LogP) is 8.27. The van der Waals surface area contributed by atoms with E-state index in [4.69, 9.17) is 0 Å². The minimum Gasteiger partial charge on any atom is -0.256 e. The number of pyridine rings is 1. The molecular weight excluding hydrogens is 350 g/mol. The average molecular weight is 386 g/mol. The Kier molecular flexibility index (Phi) is 8.49. The topological polar surface area (TPSA) is 12.9 Å². The molecule has 2 aromatic carbocycles. The highest BCUT2D eigenvalue weighted by Crippen LogP contribution is 2.25. The summed E-state index contributed by atoms with van der Waals surface area (Å²) >= 11 is 0. The number of aryl methyl sites for hydroxylation is 2. The maximum Gasteiger partial charge on any atom is 0.0702 e. The molecule has 0 unspecified atom stereocenters. The average Bonchev–Trinajstić information content (AvgIpc) is 2.78. The smallest absolute Gasteiger partial charge is 0.0702 e. The highest BCUT2D eigenvalue weighted by atomic mass is 14.7. The zero-order chi connectivity index (χ0) is 20.3. The van der Waals surface area contributed by atoms with E-state index in [9.17, 15) is 0 Å². The summed E-state index contributed by atoms with van der Waals surface area (Å²) in [5, 5.41) is 0. The van der Waals surface area contributed by atoms with Crippen molar-refractivity contribution in [1.82, 2.24) is 4.98 Å². The fourth-order valence-electron chi connectivity index (χ4n) is 3.75. The molecule has 1 aromatic heterocycles. The Morgan fingerprint density at radius 2 is 1.07 bits per heavy atom. The molecule has 0 fully saturated rings. The van der Waals surface area contributed by atoms with Gasteiger partial charge in [0.25, 0.3) is 0 Å². The number of unbranched alkanes of at least 4 members (excludes halogenated alkanes) is 5. The third-order valence-electron chi connectivity index (χ3n) is 5.68. The Labute approximate surface area is 177 Å². The van der Waals surface area contributed by atoms with Crippen molar-refractivity contribution in [2.45, 2.75) is 71.6 Å². The van der Waals surface area contributed by atoms with Crippen molar-refractivity contribution in [2.75, 3.05) is 0 Å². The first-order chi connectivity index (χ1) is 14.3. The van der Waals surface area contributed by atoms with Gasteiger partial charge in [-0.2, -0.15) is 0 Å². The van der Waals surface area contributed by atoms with E-state index in [0.29, 0.717) is 0 Å². The number of nitrogens with zero attached hydrogens (tertiary/aromatic N) is 1. The number of rotatable bonds is 11. The zero-order valence-corrected chi connectivity index (χ0v) is 18.2. The van der Waals surface area contributed by atoms with Gasteiger partial charge in [0, 0.05) is 11.8 Å². The molecule has 152 valence electrons. The Morgan fingerprint density at radius 3 is 1.69 bits per heavy atom. The van der Waals surface area contributed by atoms with Crippen LogP contribution >= 0.6 is 0 Å². The standard InChI is InChI=1S/C28H35N/c1-3-5-7-8-9-11-23-12-15-25(16-13-23)26-17-19-27(20-18-26)28-21-14-24(22-29-28)10-6-4-2/h12-22H,3-11H2,1-2H3. The zero-order valence-electron chi connectivity index (χ0n) is 18.2. The van der Waals surface area contributed by atoms with Crippen molar-refractivity contribution in [1.29, 1.82) is 0 Å². The van der Waals surface area contributed by atoms with E-state index in [2.05, 4.69) is 79.5 Å².